The van der Waals surface area contributed by atoms with E-state index in [2.05, 4.69) is 15.2 Å². The van der Waals surface area contributed by atoms with Crippen LogP contribution in [0.3, 0.4) is 0 Å². The van der Waals surface area contributed by atoms with Gasteiger partial charge in [0, 0.05) is 23.9 Å². The molecule has 0 spiro atoms. The van der Waals surface area contributed by atoms with Crippen LogP contribution in [0.1, 0.15) is 51.6 Å². The quantitative estimate of drug-likeness (QED) is 0.396. The highest BCUT2D eigenvalue weighted by molar-refractivity contribution is 5.99. The van der Waals surface area contributed by atoms with E-state index in [-0.39, 0.29) is 34.8 Å². The molecule has 0 fully saturated rings. The Kier molecular flexibility index (Phi) is 5.77. The Hall–Kier alpha value is -4.12. The molecule has 7 nitrogen and oxygen atoms in total. The summed E-state index contributed by atoms with van der Waals surface area (Å²) >= 11 is 0. The first-order chi connectivity index (χ1) is 16.8. The maximum Gasteiger partial charge on any atom is 0.314 e. The standard InChI is InChI=1S/C24H16F4N4O3/c25-16-7-6-12(10-17(16)26)19(20(33)18-3-1-2-8-29-18)32-11-14-5-4-13(9-15(14)24(32)34)22-30-31-23(35-22)21(27)28/h1-10,19-21,33H,11H2/t19-,20+/m1/s1. The molecule has 0 bridgehead atoms. The topological polar surface area (TPSA) is 92.4 Å². The number of carbonyl (C=O) groups excluding carboxylic acids is 1. The van der Waals surface area contributed by atoms with Crippen molar-refractivity contribution in [2.75, 3.05) is 0 Å². The zero-order chi connectivity index (χ0) is 24.7. The second-order valence-corrected chi connectivity index (χ2v) is 7.87. The van der Waals surface area contributed by atoms with E-state index in [1.165, 1.54) is 23.2 Å². The Labute approximate surface area is 195 Å². The maximum absolute atomic E-state index is 14.1. The number of amides is 1. The molecule has 1 aliphatic heterocycles. The van der Waals surface area contributed by atoms with Crippen LogP contribution in [0, 0.1) is 11.6 Å². The van der Waals surface area contributed by atoms with Gasteiger partial charge in [-0.1, -0.05) is 18.2 Å². The molecule has 0 saturated heterocycles. The van der Waals surface area contributed by atoms with E-state index < -0.39 is 42.0 Å². The molecule has 11 heteroatoms. The van der Waals surface area contributed by atoms with Gasteiger partial charge in [0.1, 0.15) is 6.10 Å². The third kappa shape index (κ3) is 4.14. The average molecular weight is 484 g/mol. The van der Waals surface area contributed by atoms with Crippen LogP contribution in [0.2, 0.25) is 0 Å². The molecular weight excluding hydrogens is 468 g/mol. The van der Waals surface area contributed by atoms with E-state index in [1.54, 1.807) is 30.3 Å². The summed E-state index contributed by atoms with van der Waals surface area (Å²) in [4.78, 5) is 18.9. The van der Waals surface area contributed by atoms with E-state index in [9.17, 15) is 27.5 Å². The summed E-state index contributed by atoms with van der Waals surface area (Å²) in [6.45, 7) is 0.0497. The van der Waals surface area contributed by atoms with Crippen LogP contribution < -0.4 is 0 Å². The fourth-order valence-electron chi connectivity index (χ4n) is 4.06. The van der Waals surface area contributed by atoms with Crippen molar-refractivity contribution in [1.29, 1.82) is 0 Å². The lowest BCUT2D eigenvalue weighted by Gasteiger charge is -2.32. The van der Waals surface area contributed by atoms with Crippen molar-refractivity contribution in [3.8, 4) is 11.5 Å². The van der Waals surface area contributed by atoms with Gasteiger partial charge in [-0.3, -0.25) is 9.78 Å². The first-order valence-corrected chi connectivity index (χ1v) is 10.4. The molecule has 5 rings (SSSR count). The summed E-state index contributed by atoms with van der Waals surface area (Å²) in [7, 11) is 0. The number of rotatable bonds is 6. The van der Waals surface area contributed by atoms with Gasteiger partial charge in [-0.15, -0.1) is 10.2 Å². The number of aromatic nitrogens is 3. The Bertz CT molecular complexity index is 1400. The zero-order valence-electron chi connectivity index (χ0n) is 17.8. The Morgan fingerprint density at radius 2 is 1.83 bits per heavy atom. The van der Waals surface area contributed by atoms with Crippen LogP contribution in [-0.4, -0.2) is 31.1 Å². The van der Waals surface area contributed by atoms with Crippen LogP contribution >= 0.6 is 0 Å². The molecule has 3 heterocycles. The molecule has 1 amide bonds. The Morgan fingerprint density at radius 3 is 2.51 bits per heavy atom. The Balaban J connectivity index is 1.53. The highest BCUT2D eigenvalue weighted by atomic mass is 19.3. The molecule has 0 aliphatic carbocycles. The van der Waals surface area contributed by atoms with Crippen molar-refractivity contribution in [2.45, 2.75) is 25.1 Å². The zero-order valence-corrected chi connectivity index (χ0v) is 17.8. The van der Waals surface area contributed by atoms with Gasteiger partial charge in [0.15, 0.2) is 11.6 Å². The van der Waals surface area contributed by atoms with Crippen molar-refractivity contribution in [3.05, 3.63) is 101 Å². The minimum atomic E-state index is -2.94. The van der Waals surface area contributed by atoms with Crippen LogP contribution in [0.25, 0.3) is 11.5 Å². The molecule has 0 radical (unpaired) electrons. The smallest absolute Gasteiger partial charge is 0.314 e. The van der Waals surface area contributed by atoms with Gasteiger partial charge in [-0.2, -0.15) is 8.78 Å². The number of halogens is 4. The summed E-state index contributed by atoms with van der Waals surface area (Å²) in [5.41, 5.74) is 1.46. The molecule has 1 aliphatic rings. The molecule has 4 aromatic rings. The summed E-state index contributed by atoms with van der Waals surface area (Å²) < 4.78 is 58.3. The molecule has 2 aromatic carbocycles. The van der Waals surface area contributed by atoms with Crippen LogP contribution in [0.4, 0.5) is 17.6 Å². The van der Waals surface area contributed by atoms with E-state index in [0.717, 1.165) is 12.1 Å². The second kappa shape index (κ2) is 8.91. The molecule has 178 valence electrons. The summed E-state index contributed by atoms with van der Waals surface area (Å²) in [6, 6.07) is 11.5. The van der Waals surface area contributed by atoms with Crippen molar-refractivity contribution in [3.63, 3.8) is 0 Å². The number of pyridine rings is 1. The SMILES string of the molecule is O=C1c2cc(-c3nnc(C(F)F)o3)ccc2CN1[C@H](c1ccc(F)c(F)c1)[C@@H](O)c1ccccn1. The first kappa shape index (κ1) is 22.7. The number of aliphatic hydroxyl groups excluding tert-OH is 1. The van der Waals surface area contributed by atoms with E-state index in [4.69, 9.17) is 4.42 Å². The number of benzene rings is 2. The van der Waals surface area contributed by atoms with Crippen LogP contribution in [0.15, 0.2) is 65.2 Å². The largest absolute Gasteiger partial charge is 0.415 e. The minimum Gasteiger partial charge on any atom is -0.415 e. The third-order valence-corrected chi connectivity index (χ3v) is 5.73. The maximum atomic E-state index is 14.1. The van der Waals surface area contributed by atoms with Crippen molar-refractivity contribution < 1.29 is 31.9 Å². The van der Waals surface area contributed by atoms with Gasteiger partial charge in [0.2, 0.25) is 5.89 Å². The van der Waals surface area contributed by atoms with Gasteiger partial charge in [-0.05, 0) is 47.5 Å². The summed E-state index contributed by atoms with van der Waals surface area (Å²) in [6.07, 6.45) is -2.83. The highest BCUT2D eigenvalue weighted by Gasteiger charge is 2.39. The first-order valence-electron chi connectivity index (χ1n) is 10.4. The minimum absolute atomic E-state index is 0.0497. The number of nitrogens with zero attached hydrogens (tertiary/aromatic N) is 4. The number of fused-ring (bicyclic) bond motifs is 1. The van der Waals surface area contributed by atoms with Gasteiger partial charge < -0.3 is 14.4 Å². The lowest BCUT2D eigenvalue weighted by Crippen LogP contribution is -2.33. The molecule has 35 heavy (non-hydrogen) atoms. The van der Waals surface area contributed by atoms with Crippen LogP contribution in [-0.2, 0) is 6.54 Å². The van der Waals surface area contributed by atoms with Crippen molar-refractivity contribution in [2.24, 2.45) is 0 Å². The van der Waals surface area contributed by atoms with Gasteiger partial charge in [-0.25, -0.2) is 8.78 Å². The summed E-state index contributed by atoms with van der Waals surface area (Å²) in [5, 5.41) is 18.1. The summed E-state index contributed by atoms with van der Waals surface area (Å²) in [5.74, 6) is -3.73. The monoisotopic (exact) mass is 484 g/mol. The average Bonchev–Trinajstić information content (AvgIpc) is 3.48. The number of aliphatic hydroxyl groups is 1. The predicted octanol–water partition coefficient (Wildman–Crippen LogP) is 4.78. The normalized spacial score (nSPS) is 14.9. The highest BCUT2D eigenvalue weighted by Crippen LogP contribution is 2.40. The van der Waals surface area contributed by atoms with E-state index in [0.29, 0.717) is 5.56 Å². The van der Waals surface area contributed by atoms with E-state index >= 15 is 0 Å². The predicted molar refractivity (Wildman–Crippen MR) is 113 cm³/mol. The van der Waals surface area contributed by atoms with E-state index in [1.807, 2.05) is 0 Å². The lowest BCUT2D eigenvalue weighted by molar-refractivity contribution is 0.0344. The molecule has 0 saturated carbocycles. The van der Waals surface area contributed by atoms with Crippen LogP contribution in [0.5, 0.6) is 0 Å². The van der Waals surface area contributed by atoms with Gasteiger partial charge >= 0.3 is 6.43 Å². The lowest BCUT2D eigenvalue weighted by atomic mass is 9.96. The number of hydrogen-bond acceptors (Lipinski definition) is 6. The molecule has 0 unspecified atom stereocenters. The Morgan fingerprint density at radius 1 is 1.00 bits per heavy atom. The number of alkyl halides is 2. The van der Waals surface area contributed by atoms with Crippen molar-refractivity contribution >= 4 is 5.91 Å². The molecule has 1 N–H and O–H groups in total. The number of carbonyl (C=O) groups is 1. The van der Waals surface area contributed by atoms with Gasteiger partial charge in [0.25, 0.3) is 11.8 Å². The second-order valence-electron chi connectivity index (χ2n) is 7.87. The fraction of sp³-hybridized carbons (Fsp3) is 0.167. The third-order valence-electron chi connectivity index (χ3n) is 5.73. The van der Waals surface area contributed by atoms with Crippen molar-refractivity contribution in [1.82, 2.24) is 20.1 Å². The number of hydrogen-bond donors (Lipinski definition) is 1. The van der Waals surface area contributed by atoms with Gasteiger partial charge in [0.05, 0.1) is 11.7 Å². The molecule has 2 aromatic heterocycles. The molecular formula is C24H16F4N4O3. The fourth-order valence-corrected chi connectivity index (χ4v) is 4.06. The molecule has 2 atom stereocenters.